The molecule has 0 atom stereocenters. The predicted octanol–water partition coefficient (Wildman–Crippen LogP) is 0.325. The largest absolute Gasteiger partial charge is 0.381 e. The first-order valence-electron chi connectivity index (χ1n) is 10.4. The summed E-state index contributed by atoms with van der Waals surface area (Å²) in [5, 5.41) is 6.83. The summed E-state index contributed by atoms with van der Waals surface area (Å²) in [4.78, 5) is 17.8. The average molecular weight is 384 g/mol. The highest BCUT2D eigenvalue weighted by Crippen LogP contribution is 2.14. The second kappa shape index (κ2) is 12.9. The quantitative estimate of drug-likeness (QED) is 0.285. The molecular weight excluding hydrogens is 346 g/mol. The number of piperidine rings is 1. The molecule has 1 amide bonds. The van der Waals surface area contributed by atoms with Gasteiger partial charge in [0.25, 0.3) is 0 Å². The van der Waals surface area contributed by atoms with E-state index in [4.69, 9.17) is 15.2 Å². The van der Waals surface area contributed by atoms with Crippen LogP contribution in [-0.4, -0.2) is 82.0 Å². The zero-order valence-corrected chi connectivity index (χ0v) is 16.8. The fourth-order valence-corrected chi connectivity index (χ4v) is 3.49. The Bertz CT molecular complexity index is 447. The topological polar surface area (TPSA) is 101 Å². The van der Waals surface area contributed by atoms with Crippen molar-refractivity contribution in [2.24, 2.45) is 16.6 Å². The van der Waals surface area contributed by atoms with Crippen molar-refractivity contribution < 1.29 is 14.3 Å². The Kier molecular flexibility index (Phi) is 10.5. The van der Waals surface area contributed by atoms with Crippen molar-refractivity contribution in [2.45, 2.75) is 45.1 Å². The zero-order chi connectivity index (χ0) is 19.3. The molecule has 27 heavy (non-hydrogen) atoms. The SMILES string of the molecule is CCNC(=NCCCOCC1CCOCC1)NC1CCN(CC(N)=O)CC1. The lowest BCUT2D eigenvalue weighted by molar-refractivity contribution is -0.119. The van der Waals surface area contributed by atoms with Gasteiger partial charge in [-0.15, -0.1) is 0 Å². The Morgan fingerprint density at radius 2 is 2.00 bits per heavy atom. The standard InChI is InChI=1S/C19H37N5O3/c1-2-21-19(23-17-4-9-24(10-5-17)14-18(20)25)22-8-3-11-27-15-16-6-12-26-13-7-16/h16-17H,2-15H2,1H3,(H2,20,25)(H2,21,22,23). The summed E-state index contributed by atoms with van der Waals surface area (Å²) in [7, 11) is 0. The normalized spacial score (nSPS) is 20.6. The second-order valence-corrected chi connectivity index (χ2v) is 7.41. The molecule has 0 radical (unpaired) electrons. The van der Waals surface area contributed by atoms with Crippen molar-refractivity contribution in [2.75, 3.05) is 59.2 Å². The van der Waals surface area contributed by atoms with E-state index in [9.17, 15) is 4.79 Å². The lowest BCUT2D eigenvalue weighted by Crippen LogP contribution is -2.49. The molecule has 0 aromatic heterocycles. The van der Waals surface area contributed by atoms with Gasteiger partial charge < -0.3 is 25.8 Å². The van der Waals surface area contributed by atoms with Gasteiger partial charge in [-0.3, -0.25) is 14.7 Å². The molecule has 2 heterocycles. The second-order valence-electron chi connectivity index (χ2n) is 7.41. The van der Waals surface area contributed by atoms with Crippen LogP contribution in [0.2, 0.25) is 0 Å². The fourth-order valence-electron chi connectivity index (χ4n) is 3.49. The van der Waals surface area contributed by atoms with Gasteiger partial charge in [0.1, 0.15) is 0 Å². The van der Waals surface area contributed by atoms with Crippen molar-refractivity contribution in [3.8, 4) is 0 Å². The highest BCUT2D eigenvalue weighted by Gasteiger charge is 2.20. The number of guanidine groups is 1. The Morgan fingerprint density at radius 3 is 2.67 bits per heavy atom. The van der Waals surface area contributed by atoms with Gasteiger partial charge in [-0.1, -0.05) is 0 Å². The number of carbonyl (C=O) groups is 1. The van der Waals surface area contributed by atoms with Gasteiger partial charge in [0.05, 0.1) is 6.54 Å². The lowest BCUT2D eigenvalue weighted by atomic mass is 10.0. The number of aliphatic imine (C=N–C) groups is 1. The predicted molar refractivity (Wildman–Crippen MR) is 107 cm³/mol. The maximum absolute atomic E-state index is 11.0. The number of primary amides is 1. The highest BCUT2D eigenvalue weighted by molar-refractivity contribution is 5.80. The monoisotopic (exact) mass is 383 g/mol. The third-order valence-electron chi connectivity index (χ3n) is 5.06. The first-order valence-corrected chi connectivity index (χ1v) is 10.4. The number of rotatable bonds is 10. The van der Waals surface area contributed by atoms with E-state index in [1.807, 2.05) is 0 Å². The van der Waals surface area contributed by atoms with Crippen LogP contribution in [0, 0.1) is 5.92 Å². The molecule has 2 aliphatic heterocycles. The number of likely N-dealkylation sites (tertiary alicyclic amines) is 1. The van der Waals surface area contributed by atoms with Crippen LogP contribution in [0.1, 0.15) is 39.0 Å². The molecular formula is C19H37N5O3. The van der Waals surface area contributed by atoms with Gasteiger partial charge in [0, 0.05) is 58.6 Å². The van der Waals surface area contributed by atoms with E-state index >= 15 is 0 Å². The molecule has 2 aliphatic rings. The van der Waals surface area contributed by atoms with Crippen molar-refractivity contribution in [3.05, 3.63) is 0 Å². The molecule has 0 bridgehead atoms. The highest BCUT2D eigenvalue weighted by atomic mass is 16.5. The van der Waals surface area contributed by atoms with E-state index in [1.165, 1.54) is 0 Å². The Morgan fingerprint density at radius 1 is 1.26 bits per heavy atom. The number of amides is 1. The molecule has 0 unspecified atom stereocenters. The van der Waals surface area contributed by atoms with Gasteiger partial charge in [-0.2, -0.15) is 0 Å². The van der Waals surface area contributed by atoms with E-state index in [2.05, 4.69) is 27.4 Å². The Balaban J connectivity index is 1.60. The van der Waals surface area contributed by atoms with Crippen LogP contribution in [0.5, 0.6) is 0 Å². The average Bonchev–Trinajstić information content (AvgIpc) is 2.66. The maximum atomic E-state index is 11.0. The zero-order valence-electron chi connectivity index (χ0n) is 16.8. The summed E-state index contributed by atoms with van der Waals surface area (Å²) >= 11 is 0. The summed E-state index contributed by atoms with van der Waals surface area (Å²) < 4.78 is 11.2. The molecule has 4 N–H and O–H groups in total. The van der Waals surface area contributed by atoms with Crippen LogP contribution < -0.4 is 16.4 Å². The summed E-state index contributed by atoms with van der Waals surface area (Å²) in [5.41, 5.74) is 5.27. The van der Waals surface area contributed by atoms with E-state index in [-0.39, 0.29) is 5.91 Å². The van der Waals surface area contributed by atoms with Gasteiger partial charge >= 0.3 is 0 Å². The summed E-state index contributed by atoms with van der Waals surface area (Å²) in [6.07, 6.45) is 5.14. The van der Waals surface area contributed by atoms with Crippen molar-refractivity contribution in [1.82, 2.24) is 15.5 Å². The van der Waals surface area contributed by atoms with Crippen molar-refractivity contribution in [3.63, 3.8) is 0 Å². The minimum Gasteiger partial charge on any atom is -0.381 e. The maximum Gasteiger partial charge on any atom is 0.231 e. The van der Waals surface area contributed by atoms with Crippen LogP contribution in [0.4, 0.5) is 0 Å². The summed E-state index contributed by atoms with van der Waals surface area (Å²) in [6, 6.07) is 0.386. The number of hydrogen-bond acceptors (Lipinski definition) is 5. The molecule has 2 rings (SSSR count). The molecule has 0 aliphatic carbocycles. The smallest absolute Gasteiger partial charge is 0.231 e. The van der Waals surface area contributed by atoms with Crippen LogP contribution in [-0.2, 0) is 14.3 Å². The minimum absolute atomic E-state index is 0.254. The van der Waals surface area contributed by atoms with Crippen molar-refractivity contribution >= 4 is 11.9 Å². The molecule has 2 fully saturated rings. The van der Waals surface area contributed by atoms with E-state index in [0.29, 0.717) is 18.5 Å². The van der Waals surface area contributed by atoms with Gasteiger partial charge in [-0.25, -0.2) is 0 Å². The Hall–Kier alpha value is -1.38. The van der Waals surface area contributed by atoms with Gasteiger partial charge in [-0.05, 0) is 44.9 Å². The fraction of sp³-hybridized carbons (Fsp3) is 0.895. The third kappa shape index (κ3) is 9.39. The minimum atomic E-state index is -0.254. The van der Waals surface area contributed by atoms with Crippen LogP contribution in [0.25, 0.3) is 0 Å². The molecule has 156 valence electrons. The number of ether oxygens (including phenoxy) is 2. The molecule has 0 aromatic rings. The van der Waals surface area contributed by atoms with E-state index < -0.39 is 0 Å². The molecule has 2 saturated heterocycles. The van der Waals surface area contributed by atoms with Crippen molar-refractivity contribution in [1.29, 1.82) is 0 Å². The number of carbonyl (C=O) groups excluding carboxylic acids is 1. The molecule has 0 aromatic carbocycles. The Labute approximate surface area is 163 Å². The molecule has 8 heteroatoms. The van der Waals surface area contributed by atoms with E-state index in [0.717, 1.165) is 90.7 Å². The van der Waals surface area contributed by atoms with Gasteiger partial charge in [0.15, 0.2) is 5.96 Å². The van der Waals surface area contributed by atoms with E-state index in [1.54, 1.807) is 0 Å². The third-order valence-corrected chi connectivity index (χ3v) is 5.06. The number of hydrogen-bond donors (Lipinski definition) is 3. The molecule has 0 spiro atoms. The summed E-state index contributed by atoms with van der Waals surface area (Å²) in [6.45, 7) is 9.14. The number of nitrogens with one attached hydrogen (secondary N) is 2. The number of nitrogens with zero attached hydrogens (tertiary/aromatic N) is 2. The summed E-state index contributed by atoms with van der Waals surface area (Å²) in [5.74, 6) is 1.27. The van der Waals surface area contributed by atoms with Gasteiger partial charge in [0.2, 0.25) is 5.91 Å². The van der Waals surface area contributed by atoms with Crippen LogP contribution in [0.15, 0.2) is 4.99 Å². The lowest BCUT2D eigenvalue weighted by Gasteiger charge is -2.32. The van der Waals surface area contributed by atoms with Crippen LogP contribution in [0.3, 0.4) is 0 Å². The van der Waals surface area contributed by atoms with Crippen LogP contribution >= 0.6 is 0 Å². The first-order chi connectivity index (χ1) is 13.2. The molecule has 8 nitrogen and oxygen atoms in total. The number of nitrogens with two attached hydrogens (primary N) is 1. The first kappa shape index (κ1) is 21.9. The molecule has 0 saturated carbocycles.